The van der Waals surface area contributed by atoms with E-state index in [0.717, 1.165) is 16.5 Å². The van der Waals surface area contributed by atoms with Gasteiger partial charge in [0.15, 0.2) is 0 Å². The largest absolute Gasteiger partial charge is 0.458 e. The van der Waals surface area contributed by atoms with Gasteiger partial charge in [0.1, 0.15) is 6.10 Å². The minimum absolute atomic E-state index is 0.124. The SMILES string of the molecule is CC[C@H](OC(C)=O)c1ccc(Br)cc1. The van der Waals surface area contributed by atoms with Crippen LogP contribution in [-0.2, 0) is 9.53 Å². The fourth-order valence-electron chi connectivity index (χ4n) is 1.26. The lowest BCUT2D eigenvalue weighted by atomic mass is 10.1. The Hall–Kier alpha value is -0.830. The minimum atomic E-state index is -0.236. The van der Waals surface area contributed by atoms with Gasteiger partial charge in [-0.3, -0.25) is 4.79 Å². The van der Waals surface area contributed by atoms with Gasteiger partial charge in [0.05, 0.1) is 0 Å². The van der Waals surface area contributed by atoms with Gasteiger partial charge >= 0.3 is 5.97 Å². The standard InChI is InChI=1S/C11H13BrO2/c1-3-11(14-8(2)13)9-4-6-10(12)7-5-9/h4-7,11H,3H2,1-2H3/t11-/m0/s1. The lowest BCUT2D eigenvalue weighted by Crippen LogP contribution is -2.07. The Balaban J connectivity index is 2.78. The third kappa shape index (κ3) is 3.14. The van der Waals surface area contributed by atoms with E-state index in [-0.39, 0.29) is 12.1 Å². The van der Waals surface area contributed by atoms with Gasteiger partial charge in [-0.25, -0.2) is 0 Å². The summed E-state index contributed by atoms with van der Waals surface area (Å²) in [5.41, 5.74) is 1.03. The Labute approximate surface area is 92.4 Å². The van der Waals surface area contributed by atoms with E-state index in [4.69, 9.17) is 4.74 Å². The first-order valence-corrected chi connectivity index (χ1v) is 5.35. The number of rotatable bonds is 3. The molecule has 0 saturated heterocycles. The molecule has 0 aliphatic carbocycles. The summed E-state index contributed by atoms with van der Waals surface area (Å²) >= 11 is 3.36. The molecule has 0 amide bonds. The third-order valence-electron chi connectivity index (χ3n) is 1.92. The van der Waals surface area contributed by atoms with E-state index in [9.17, 15) is 4.79 Å². The minimum Gasteiger partial charge on any atom is -0.458 e. The van der Waals surface area contributed by atoms with E-state index in [0.29, 0.717) is 0 Å². The van der Waals surface area contributed by atoms with Crippen LogP contribution in [0.25, 0.3) is 0 Å². The van der Waals surface area contributed by atoms with Crippen LogP contribution in [0, 0.1) is 0 Å². The Kier molecular flexibility index (Phi) is 4.14. The van der Waals surface area contributed by atoms with Crippen molar-refractivity contribution in [1.82, 2.24) is 0 Å². The summed E-state index contributed by atoms with van der Waals surface area (Å²) < 4.78 is 6.20. The molecule has 0 heterocycles. The van der Waals surface area contributed by atoms with Crippen molar-refractivity contribution < 1.29 is 9.53 Å². The quantitative estimate of drug-likeness (QED) is 0.775. The van der Waals surface area contributed by atoms with Gasteiger partial charge in [0.25, 0.3) is 0 Å². The topological polar surface area (TPSA) is 26.3 Å². The highest BCUT2D eigenvalue weighted by Crippen LogP contribution is 2.22. The number of hydrogen-bond donors (Lipinski definition) is 0. The van der Waals surface area contributed by atoms with Crippen LogP contribution in [0.15, 0.2) is 28.7 Å². The summed E-state index contributed by atoms with van der Waals surface area (Å²) in [6.45, 7) is 3.43. The highest BCUT2D eigenvalue weighted by molar-refractivity contribution is 9.10. The normalized spacial score (nSPS) is 12.2. The average Bonchev–Trinajstić information content (AvgIpc) is 2.15. The number of carbonyl (C=O) groups is 1. The maximum atomic E-state index is 10.8. The second kappa shape index (κ2) is 5.15. The van der Waals surface area contributed by atoms with Crippen molar-refractivity contribution in [2.24, 2.45) is 0 Å². The van der Waals surface area contributed by atoms with Crippen molar-refractivity contribution in [3.8, 4) is 0 Å². The fraction of sp³-hybridized carbons (Fsp3) is 0.364. The summed E-state index contributed by atoms with van der Waals surface area (Å²) in [6, 6.07) is 7.81. The summed E-state index contributed by atoms with van der Waals surface area (Å²) in [5.74, 6) is -0.236. The molecule has 0 bridgehead atoms. The molecule has 0 unspecified atom stereocenters. The molecular formula is C11H13BrO2. The fourth-order valence-corrected chi connectivity index (χ4v) is 1.53. The molecule has 0 N–H and O–H groups in total. The van der Waals surface area contributed by atoms with Gasteiger partial charge in [-0.1, -0.05) is 35.0 Å². The van der Waals surface area contributed by atoms with Crippen LogP contribution < -0.4 is 0 Å². The van der Waals surface area contributed by atoms with E-state index in [1.807, 2.05) is 31.2 Å². The van der Waals surface area contributed by atoms with Crippen molar-refractivity contribution >= 4 is 21.9 Å². The monoisotopic (exact) mass is 256 g/mol. The van der Waals surface area contributed by atoms with Crippen LogP contribution in [0.4, 0.5) is 0 Å². The van der Waals surface area contributed by atoms with Crippen LogP contribution in [0.1, 0.15) is 31.9 Å². The van der Waals surface area contributed by atoms with E-state index < -0.39 is 0 Å². The van der Waals surface area contributed by atoms with Gasteiger partial charge in [-0.15, -0.1) is 0 Å². The highest BCUT2D eigenvalue weighted by atomic mass is 79.9. The molecule has 3 heteroatoms. The van der Waals surface area contributed by atoms with E-state index in [1.165, 1.54) is 6.92 Å². The molecule has 1 aromatic carbocycles. The number of ether oxygens (including phenoxy) is 1. The Morgan fingerprint density at radius 3 is 2.43 bits per heavy atom. The van der Waals surface area contributed by atoms with Gasteiger partial charge in [-0.05, 0) is 24.1 Å². The van der Waals surface area contributed by atoms with Crippen LogP contribution in [-0.4, -0.2) is 5.97 Å². The molecule has 0 saturated carbocycles. The van der Waals surface area contributed by atoms with Crippen molar-refractivity contribution in [1.29, 1.82) is 0 Å². The molecule has 76 valence electrons. The molecule has 0 radical (unpaired) electrons. The lowest BCUT2D eigenvalue weighted by Gasteiger charge is -2.15. The number of carbonyl (C=O) groups excluding carboxylic acids is 1. The van der Waals surface area contributed by atoms with E-state index >= 15 is 0 Å². The Bertz CT molecular complexity index is 306. The smallest absolute Gasteiger partial charge is 0.303 e. The number of hydrogen-bond acceptors (Lipinski definition) is 2. The molecule has 1 aromatic rings. The predicted octanol–water partition coefficient (Wildman–Crippen LogP) is 3.46. The zero-order chi connectivity index (χ0) is 10.6. The molecule has 0 aliphatic heterocycles. The molecule has 0 aromatic heterocycles. The average molecular weight is 257 g/mol. The first kappa shape index (κ1) is 11.2. The molecular weight excluding hydrogens is 244 g/mol. The molecule has 0 fully saturated rings. The lowest BCUT2D eigenvalue weighted by molar-refractivity contribution is -0.146. The molecule has 2 nitrogen and oxygen atoms in total. The van der Waals surface area contributed by atoms with E-state index in [1.54, 1.807) is 0 Å². The van der Waals surface area contributed by atoms with Crippen LogP contribution >= 0.6 is 15.9 Å². The maximum Gasteiger partial charge on any atom is 0.303 e. The summed E-state index contributed by atoms with van der Waals surface area (Å²) in [5, 5.41) is 0. The first-order chi connectivity index (χ1) is 6.63. The number of esters is 1. The first-order valence-electron chi connectivity index (χ1n) is 4.56. The Morgan fingerprint density at radius 1 is 1.43 bits per heavy atom. The van der Waals surface area contributed by atoms with Crippen molar-refractivity contribution in [2.45, 2.75) is 26.4 Å². The highest BCUT2D eigenvalue weighted by Gasteiger charge is 2.11. The summed E-state index contributed by atoms with van der Waals surface area (Å²) in [6.07, 6.45) is 0.668. The third-order valence-corrected chi connectivity index (χ3v) is 2.45. The van der Waals surface area contributed by atoms with Crippen LogP contribution in [0.3, 0.4) is 0 Å². The molecule has 1 atom stereocenters. The zero-order valence-electron chi connectivity index (χ0n) is 8.29. The number of halogens is 1. The Morgan fingerprint density at radius 2 is 2.00 bits per heavy atom. The summed E-state index contributed by atoms with van der Waals surface area (Å²) in [7, 11) is 0. The van der Waals surface area contributed by atoms with Crippen molar-refractivity contribution in [3.05, 3.63) is 34.3 Å². The van der Waals surface area contributed by atoms with Gasteiger partial charge in [0.2, 0.25) is 0 Å². The number of benzene rings is 1. The molecule has 0 spiro atoms. The van der Waals surface area contributed by atoms with Crippen molar-refractivity contribution in [2.75, 3.05) is 0 Å². The maximum absolute atomic E-state index is 10.8. The molecule has 0 aliphatic rings. The second-order valence-corrected chi connectivity index (χ2v) is 3.97. The van der Waals surface area contributed by atoms with Gasteiger partial charge in [-0.2, -0.15) is 0 Å². The van der Waals surface area contributed by atoms with Crippen LogP contribution in [0.2, 0.25) is 0 Å². The summed E-state index contributed by atoms with van der Waals surface area (Å²) in [4.78, 5) is 10.8. The van der Waals surface area contributed by atoms with Gasteiger partial charge in [0, 0.05) is 11.4 Å². The predicted molar refractivity (Wildman–Crippen MR) is 58.9 cm³/mol. The van der Waals surface area contributed by atoms with Crippen LogP contribution in [0.5, 0.6) is 0 Å². The van der Waals surface area contributed by atoms with Crippen molar-refractivity contribution in [3.63, 3.8) is 0 Å². The van der Waals surface area contributed by atoms with E-state index in [2.05, 4.69) is 15.9 Å². The van der Waals surface area contributed by atoms with Gasteiger partial charge < -0.3 is 4.74 Å². The second-order valence-electron chi connectivity index (χ2n) is 3.06. The molecule has 1 rings (SSSR count). The zero-order valence-corrected chi connectivity index (χ0v) is 9.87. The molecule has 14 heavy (non-hydrogen) atoms.